The van der Waals surface area contributed by atoms with E-state index in [1.165, 1.54) is 0 Å². The number of rotatable bonds is 3. The molecule has 17 heavy (non-hydrogen) atoms. The lowest BCUT2D eigenvalue weighted by atomic mass is 10.3. The molecule has 0 saturated carbocycles. The van der Waals surface area contributed by atoms with Crippen molar-refractivity contribution in [2.45, 2.75) is 6.42 Å². The van der Waals surface area contributed by atoms with Crippen LogP contribution in [0.5, 0.6) is 0 Å². The smallest absolute Gasteiger partial charge is 0.176 e. The summed E-state index contributed by atoms with van der Waals surface area (Å²) in [4.78, 5) is 4.19. The number of hydrogen-bond acceptors (Lipinski definition) is 2. The van der Waals surface area contributed by atoms with E-state index in [-0.39, 0.29) is 0 Å². The van der Waals surface area contributed by atoms with Crippen molar-refractivity contribution in [3.8, 4) is 6.07 Å². The van der Waals surface area contributed by atoms with E-state index in [4.69, 9.17) is 17.5 Å². The van der Waals surface area contributed by atoms with Gasteiger partial charge in [-0.15, -0.1) is 0 Å². The largest absolute Gasteiger partial charge is 0.346 e. The molecule has 0 spiro atoms. The summed E-state index contributed by atoms with van der Waals surface area (Å²) in [5.74, 6) is 0. The maximum atomic E-state index is 8.59. The molecule has 1 fully saturated rings. The zero-order valence-corrected chi connectivity index (χ0v) is 11.7. The van der Waals surface area contributed by atoms with Gasteiger partial charge in [0.2, 0.25) is 0 Å². The standard InChI is InChI=1S/C12H12BrN3S/c13-10-2-4-11(5-3-10)16-9-8-15(12(16)17)7-1-6-14/h2-5H,1,7-9H2. The summed E-state index contributed by atoms with van der Waals surface area (Å²) in [5.41, 5.74) is 1.11. The summed E-state index contributed by atoms with van der Waals surface area (Å²) in [7, 11) is 0. The second-order valence-corrected chi connectivity index (χ2v) is 5.09. The van der Waals surface area contributed by atoms with Gasteiger partial charge in [-0.3, -0.25) is 0 Å². The summed E-state index contributed by atoms with van der Waals surface area (Å²) >= 11 is 8.84. The molecule has 0 unspecified atom stereocenters. The lowest BCUT2D eigenvalue weighted by Crippen LogP contribution is -2.32. The lowest BCUT2D eigenvalue weighted by Gasteiger charge is -2.21. The molecule has 1 aromatic carbocycles. The molecule has 1 aliphatic rings. The fraction of sp³-hybridized carbons (Fsp3) is 0.333. The Kier molecular flexibility index (Phi) is 3.97. The number of benzene rings is 1. The van der Waals surface area contributed by atoms with Gasteiger partial charge >= 0.3 is 0 Å². The molecule has 0 amide bonds. The van der Waals surface area contributed by atoms with Crippen molar-refractivity contribution in [2.75, 3.05) is 24.5 Å². The second kappa shape index (κ2) is 5.48. The van der Waals surface area contributed by atoms with Gasteiger partial charge < -0.3 is 9.80 Å². The van der Waals surface area contributed by atoms with E-state index < -0.39 is 0 Å². The zero-order chi connectivity index (χ0) is 12.3. The van der Waals surface area contributed by atoms with Crippen molar-refractivity contribution in [1.82, 2.24) is 4.90 Å². The van der Waals surface area contributed by atoms with Crippen LogP contribution in [0.1, 0.15) is 6.42 Å². The summed E-state index contributed by atoms with van der Waals surface area (Å²) in [6.45, 7) is 2.52. The first-order chi connectivity index (χ1) is 8.22. The van der Waals surface area contributed by atoms with Crippen molar-refractivity contribution in [2.24, 2.45) is 0 Å². The molecule has 0 atom stereocenters. The fourth-order valence-corrected chi connectivity index (χ4v) is 2.48. The normalized spacial score (nSPS) is 15.2. The quantitative estimate of drug-likeness (QED) is 0.803. The SMILES string of the molecule is N#CCCN1CCN(c2ccc(Br)cc2)C1=S. The number of nitrogens with zero attached hydrogens (tertiary/aromatic N) is 3. The first kappa shape index (κ1) is 12.3. The van der Waals surface area contributed by atoms with Crippen LogP contribution in [0.25, 0.3) is 0 Å². The molecule has 1 saturated heterocycles. The van der Waals surface area contributed by atoms with E-state index in [9.17, 15) is 0 Å². The fourth-order valence-electron chi connectivity index (χ4n) is 1.84. The Morgan fingerprint density at radius 2 is 2.00 bits per heavy atom. The van der Waals surface area contributed by atoms with E-state index >= 15 is 0 Å². The predicted octanol–water partition coefficient (Wildman–Crippen LogP) is 2.77. The molecule has 0 bridgehead atoms. The first-order valence-electron chi connectivity index (χ1n) is 5.41. The van der Waals surface area contributed by atoms with E-state index in [1.807, 2.05) is 24.3 Å². The minimum atomic E-state index is 0.522. The Labute approximate surface area is 115 Å². The maximum absolute atomic E-state index is 8.59. The number of hydrogen-bond donors (Lipinski definition) is 0. The summed E-state index contributed by atoms with van der Waals surface area (Å²) < 4.78 is 1.06. The highest BCUT2D eigenvalue weighted by Crippen LogP contribution is 2.22. The summed E-state index contributed by atoms with van der Waals surface area (Å²) in [5, 5.41) is 9.41. The van der Waals surface area contributed by atoms with Gasteiger partial charge in [-0.25, -0.2) is 0 Å². The van der Waals surface area contributed by atoms with Crippen molar-refractivity contribution in [3.05, 3.63) is 28.7 Å². The van der Waals surface area contributed by atoms with Gasteiger partial charge in [-0.2, -0.15) is 5.26 Å². The monoisotopic (exact) mass is 309 g/mol. The van der Waals surface area contributed by atoms with Crippen LogP contribution in [-0.4, -0.2) is 29.6 Å². The lowest BCUT2D eigenvalue weighted by molar-refractivity contribution is 0.479. The first-order valence-corrected chi connectivity index (χ1v) is 6.61. The molecule has 1 aliphatic heterocycles. The van der Waals surface area contributed by atoms with E-state index in [0.717, 1.165) is 34.9 Å². The van der Waals surface area contributed by atoms with Crippen LogP contribution in [0.4, 0.5) is 5.69 Å². The van der Waals surface area contributed by atoms with E-state index in [2.05, 4.69) is 31.8 Å². The van der Waals surface area contributed by atoms with Gasteiger partial charge in [0.05, 0.1) is 12.5 Å². The molecule has 0 N–H and O–H groups in total. The summed E-state index contributed by atoms with van der Waals surface area (Å²) in [6.07, 6.45) is 0.522. The van der Waals surface area contributed by atoms with E-state index in [1.54, 1.807) is 0 Å². The van der Waals surface area contributed by atoms with Crippen molar-refractivity contribution in [1.29, 1.82) is 5.26 Å². The second-order valence-electron chi connectivity index (χ2n) is 3.81. The predicted molar refractivity (Wildman–Crippen MR) is 75.9 cm³/mol. The van der Waals surface area contributed by atoms with Crippen LogP contribution in [0, 0.1) is 11.3 Å². The van der Waals surface area contributed by atoms with Gasteiger partial charge in [-0.1, -0.05) is 15.9 Å². The van der Waals surface area contributed by atoms with Gasteiger partial charge in [0.15, 0.2) is 5.11 Å². The third kappa shape index (κ3) is 2.76. The molecule has 1 heterocycles. The van der Waals surface area contributed by atoms with Gasteiger partial charge in [-0.05, 0) is 36.5 Å². The van der Waals surface area contributed by atoms with Crippen molar-refractivity contribution >= 4 is 38.9 Å². The third-order valence-electron chi connectivity index (χ3n) is 2.73. The Hall–Kier alpha value is -1.12. The molecule has 0 aliphatic carbocycles. The maximum Gasteiger partial charge on any atom is 0.176 e. The van der Waals surface area contributed by atoms with Crippen molar-refractivity contribution in [3.63, 3.8) is 0 Å². The Morgan fingerprint density at radius 1 is 1.29 bits per heavy atom. The topological polar surface area (TPSA) is 30.3 Å². The van der Waals surface area contributed by atoms with Gasteiger partial charge in [0, 0.05) is 29.8 Å². The van der Waals surface area contributed by atoms with Crippen LogP contribution in [0.3, 0.4) is 0 Å². The average molecular weight is 310 g/mol. The molecule has 5 heteroatoms. The zero-order valence-electron chi connectivity index (χ0n) is 9.27. The molecule has 88 valence electrons. The van der Waals surface area contributed by atoms with Gasteiger partial charge in [0.1, 0.15) is 0 Å². The van der Waals surface area contributed by atoms with Crippen LogP contribution in [-0.2, 0) is 0 Å². The number of nitriles is 1. The van der Waals surface area contributed by atoms with Crippen LogP contribution in [0.15, 0.2) is 28.7 Å². The Bertz CT molecular complexity index is 452. The molecule has 3 nitrogen and oxygen atoms in total. The molecular weight excluding hydrogens is 298 g/mol. The highest BCUT2D eigenvalue weighted by atomic mass is 79.9. The van der Waals surface area contributed by atoms with Crippen LogP contribution in [0.2, 0.25) is 0 Å². The summed E-state index contributed by atoms with van der Waals surface area (Å²) in [6, 6.07) is 10.3. The Balaban J connectivity index is 2.07. The number of thiocarbonyl (C=S) groups is 1. The molecule has 0 aromatic heterocycles. The highest BCUT2D eigenvalue weighted by Gasteiger charge is 2.25. The number of anilines is 1. The van der Waals surface area contributed by atoms with E-state index in [0.29, 0.717) is 6.42 Å². The minimum Gasteiger partial charge on any atom is -0.346 e. The molecular formula is C12H12BrN3S. The third-order valence-corrected chi connectivity index (χ3v) is 3.73. The van der Waals surface area contributed by atoms with Crippen LogP contribution >= 0.6 is 28.1 Å². The molecule has 0 radical (unpaired) electrons. The minimum absolute atomic E-state index is 0.522. The van der Waals surface area contributed by atoms with Crippen molar-refractivity contribution < 1.29 is 0 Å². The average Bonchev–Trinajstić information content (AvgIpc) is 2.69. The molecule has 1 aromatic rings. The highest BCUT2D eigenvalue weighted by molar-refractivity contribution is 9.10. The molecule has 2 rings (SSSR count). The van der Waals surface area contributed by atoms with Crippen LogP contribution < -0.4 is 4.90 Å². The number of halogens is 1. The Morgan fingerprint density at radius 3 is 2.65 bits per heavy atom. The van der Waals surface area contributed by atoms with Gasteiger partial charge in [0.25, 0.3) is 0 Å².